The first-order valence-electron chi connectivity index (χ1n) is 8.63. The number of hydrogen-bond acceptors (Lipinski definition) is 4. The number of hydrogen-bond donors (Lipinski definition) is 1. The number of benzene rings is 3. The second kappa shape index (κ2) is 7.33. The molecule has 0 unspecified atom stereocenters. The number of nitrogens with zero attached hydrogens (tertiary/aromatic N) is 1. The molecule has 0 radical (unpaired) electrons. The highest BCUT2D eigenvalue weighted by Gasteiger charge is 2.10. The van der Waals surface area contributed by atoms with E-state index in [2.05, 4.69) is 10.3 Å². The molecule has 5 heteroatoms. The number of carbonyl (C=O) groups is 1. The van der Waals surface area contributed by atoms with E-state index in [0.717, 1.165) is 11.3 Å². The fraction of sp³-hybridized carbons (Fsp3) is 0.0909. The molecule has 0 saturated carbocycles. The van der Waals surface area contributed by atoms with Crippen LogP contribution in [-0.2, 0) is 6.61 Å². The van der Waals surface area contributed by atoms with Crippen molar-refractivity contribution in [3.8, 4) is 5.75 Å². The maximum atomic E-state index is 12.5. The monoisotopic (exact) mass is 358 g/mol. The lowest BCUT2D eigenvalue weighted by atomic mass is 10.2. The molecule has 134 valence electrons. The van der Waals surface area contributed by atoms with Gasteiger partial charge in [-0.2, -0.15) is 0 Å². The third-order valence-electron chi connectivity index (χ3n) is 4.12. The van der Waals surface area contributed by atoms with Crippen molar-refractivity contribution in [2.24, 2.45) is 0 Å². The second-order valence-electron chi connectivity index (χ2n) is 6.17. The van der Waals surface area contributed by atoms with Crippen molar-refractivity contribution in [3.63, 3.8) is 0 Å². The predicted molar refractivity (Wildman–Crippen MR) is 104 cm³/mol. The van der Waals surface area contributed by atoms with Crippen LogP contribution in [0.3, 0.4) is 0 Å². The van der Waals surface area contributed by atoms with Crippen LogP contribution in [0, 0.1) is 6.92 Å². The molecule has 0 aliphatic rings. The Labute approximate surface area is 156 Å². The van der Waals surface area contributed by atoms with E-state index < -0.39 is 0 Å². The molecule has 0 saturated heterocycles. The van der Waals surface area contributed by atoms with Crippen molar-refractivity contribution in [1.82, 2.24) is 4.98 Å². The first kappa shape index (κ1) is 16.8. The second-order valence-corrected chi connectivity index (χ2v) is 6.17. The van der Waals surface area contributed by atoms with Gasteiger partial charge in [0, 0.05) is 18.2 Å². The van der Waals surface area contributed by atoms with E-state index in [1.165, 1.54) is 0 Å². The summed E-state index contributed by atoms with van der Waals surface area (Å²) >= 11 is 0. The maximum Gasteiger partial charge on any atom is 0.255 e. The van der Waals surface area contributed by atoms with Crippen molar-refractivity contribution in [2.45, 2.75) is 13.5 Å². The summed E-state index contributed by atoms with van der Waals surface area (Å²) in [6.07, 6.45) is 0. The Morgan fingerprint density at radius 3 is 2.59 bits per heavy atom. The van der Waals surface area contributed by atoms with Gasteiger partial charge in [-0.1, -0.05) is 30.3 Å². The van der Waals surface area contributed by atoms with Crippen molar-refractivity contribution >= 4 is 22.7 Å². The van der Waals surface area contributed by atoms with Crippen LogP contribution in [0.4, 0.5) is 5.69 Å². The van der Waals surface area contributed by atoms with Gasteiger partial charge < -0.3 is 14.5 Å². The Morgan fingerprint density at radius 1 is 1.04 bits per heavy atom. The summed E-state index contributed by atoms with van der Waals surface area (Å²) in [5, 5.41) is 2.88. The summed E-state index contributed by atoms with van der Waals surface area (Å²) in [6, 6.07) is 22.5. The Hall–Kier alpha value is -3.60. The normalized spacial score (nSPS) is 10.7. The zero-order valence-corrected chi connectivity index (χ0v) is 14.8. The highest BCUT2D eigenvalue weighted by atomic mass is 16.5. The first-order chi connectivity index (χ1) is 13.2. The molecule has 0 bridgehead atoms. The smallest absolute Gasteiger partial charge is 0.255 e. The quantitative estimate of drug-likeness (QED) is 0.547. The molecule has 0 spiro atoms. The van der Waals surface area contributed by atoms with Crippen molar-refractivity contribution in [3.05, 3.63) is 89.8 Å². The molecule has 4 aromatic rings. The van der Waals surface area contributed by atoms with Gasteiger partial charge in [-0.3, -0.25) is 4.79 Å². The Bertz CT molecular complexity index is 1070. The molecule has 3 aromatic carbocycles. The zero-order chi connectivity index (χ0) is 18.6. The molecule has 27 heavy (non-hydrogen) atoms. The lowest BCUT2D eigenvalue weighted by molar-refractivity contribution is 0.102. The van der Waals surface area contributed by atoms with Crippen molar-refractivity contribution in [1.29, 1.82) is 0 Å². The lowest BCUT2D eigenvalue weighted by Gasteiger charge is -2.08. The molecule has 1 heterocycles. The number of carbonyl (C=O) groups excluding carboxylic acids is 1. The number of anilines is 1. The average molecular weight is 358 g/mol. The summed E-state index contributed by atoms with van der Waals surface area (Å²) in [4.78, 5) is 16.7. The third-order valence-corrected chi connectivity index (χ3v) is 4.12. The van der Waals surface area contributed by atoms with Gasteiger partial charge in [-0.05, 0) is 48.0 Å². The number of fused-ring (bicyclic) bond motifs is 1. The molecule has 4 rings (SSSR count). The number of amides is 1. The van der Waals surface area contributed by atoms with Crippen LogP contribution in [0.2, 0.25) is 0 Å². The highest BCUT2D eigenvalue weighted by molar-refractivity contribution is 6.05. The van der Waals surface area contributed by atoms with E-state index in [9.17, 15) is 4.79 Å². The molecule has 0 aliphatic heterocycles. The standard InChI is InChI=1S/C22H18N2O3/c1-15-23-20-13-17(7-12-21(20)27-15)22(25)24-18-8-10-19(11-9-18)26-14-16-5-3-2-4-6-16/h2-13H,14H2,1H3,(H,24,25). The summed E-state index contributed by atoms with van der Waals surface area (Å²) in [6.45, 7) is 2.28. The number of nitrogens with one attached hydrogen (secondary N) is 1. The summed E-state index contributed by atoms with van der Waals surface area (Å²) in [5.74, 6) is 1.13. The minimum Gasteiger partial charge on any atom is -0.489 e. The van der Waals surface area contributed by atoms with E-state index in [0.29, 0.717) is 34.8 Å². The summed E-state index contributed by atoms with van der Waals surface area (Å²) in [5.41, 5.74) is 3.67. The molecule has 1 amide bonds. The zero-order valence-electron chi connectivity index (χ0n) is 14.8. The maximum absolute atomic E-state index is 12.5. The average Bonchev–Trinajstić information content (AvgIpc) is 3.07. The highest BCUT2D eigenvalue weighted by Crippen LogP contribution is 2.20. The number of oxazole rings is 1. The topological polar surface area (TPSA) is 64.4 Å². The van der Waals surface area contributed by atoms with Crippen LogP contribution in [0.25, 0.3) is 11.1 Å². The Kier molecular flexibility index (Phi) is 4.58. The minimum absolute atomic E-state index is 0.199. The Balaban J connectivity index is 1.40. The van der Waals surface area contributed by atoms with Crippen LogP contribution >= 0.6 is 0 Å². The van der Waals surface area contributed by atoms with Crippen molar-refractivity contribution in [2.75, 3.05) is 5.32 Å². The van der Waals surface area contributed by atoms with Gasteiger partial charge >= 0.3 is 0 Å². The third kappa shape index (κ3) is 3.98. The molecule has 0 fully saturated rings. The van der Waals surface area contributed by atoms with Crippen LogP contribution < -0.4 is 10.1 Å². The fourth-order valence-electron chi connectivity index (χ4n) is 2.76. The molecular formula is C22H18N2O3. The largest absolute Gasteiger partial charge is 0.489 e. The fourth-order valence-corrected chi connectivity index (χ4v) is 2.76. The van der Waals surface area contributed by atoms with E-state index in [1.807, 2.05) is 54.6 Å². The minimum atomic E-state index is -0.199. The number of aromatic nitrogens is 1. The summed E-state index contributed by atoms with van der Waals surface area (Å²) in [7, 11) is 0. The molecular weight excluding hydrogens is 340 g/mol. The van der Waals surface area contributed by atoms with Crippen LogP contribution in [0.5, 0.6) is 5.75 Å². The van der Waals surface area contributed by atoms with Crippen LogP contribution in [0.1, 0.15) is 21.8 Å². The van der Waals surface area contributed by atoms with Gasteiger partial charge in [0.1, 0.15) is 17.9 Å². The number of ether oxygens (including phenoxy) is 1. The van der Waals surface area contributed by atoms with E-state index in [-0.39, 0.29) is 5.91 Å². The van der Waals surface area contributed by atoms with Gasteiger partial charge in [-0.25, -0.2) is 4.98 Å². The van der Waals surface area contributed by atoms with Gasteiger partial charge in [0.05, 0.1) is 0 Å². The van der Waals surface area contributed by atoms with Gasteiger partial charge in [0.15, 0.2) is 11.5 Å². The molecule has 0 atom stereocenters. The van der Waals surface area contributed by atoms with Crippen LogP contribution in [0.15, 0.2) is 77.2 Å². The first-order valence-corrected chi connectivity index (χ1v) is 8.63. The van der Waals surface area contributed by atoms with Crippen molar-refractivity contribution < 1.29 is 13.9 Å². The lowest BCUT2D eigenvalue weighted by Crippen LogP contribution is -2.11. The molecule has 0 aliphatic carbocycles. The van der Waals surface area contributed by atoms with Gasteiger partial charge in [0.25, 0.3) is 5.91 Å². The summed E-state index contributed by atoms with van der Waals surface area (Å²) < 4.78 is 11.2. The van der Waals surface area contributed by atoms with E-state index in [4.69, 9.17) is 9.15 Å². The van der Waals surface area contributed by atoms with E-state index in [1.54, 1.807) is 25.1 Å². The Morgan fingerprint density at radius 2 is 1.81 bits per heavy atom. The van der Waals surface area contributed by atoms with Gasteiger partial charge in [-0.15, -0.1) is 0 Å². The molecule has 5 nitrogen and oxygen atoms in total. The number of aryl methyl sites for hydroxylation is 1. The molecule has 1 aromatic heterocycles. The predicted octanol–water partition coefficient (Wildman–Crippen LogP) is 4.97. The molecule has 1 N–H and O–H groups in total. The van der Waals surface area contributed by atoms with Crippen LogP contribution in [-0.4, -0.2) is 10.9 Å². The SMILES string of the molecule is Cc1nc2cc(C(=O)Nc3ccc(OCc4ccccc4)cc3)ccc2o1. The number of rotatable bonds is 5. The van der Waals surface area contributed by atoms with E-state index >= 15 is 0 Å². The van der Waals surface area contributed by atoms with Gasteiger partial charge in [0.2, 0.25) is 0 Å².